The number of thiazole rings is 1. The minimum absolute atomic E-state index is 0.143. The smallest absolute Gasteiger partial charge is 0.192 e. The van der Waals surface area contributed by atoms with Crippen molar-refractivity contribution in [3.63, 3.8) is 0 Å². The molecule has 3 aromatic rings. The van der Waals surface area contributed by atoms with Gasteiger partial charge in [0.15, 0.2) is 16.3 Å². The molecule has 37 heavy (non-hydrogen) atoms. The van der Waals surface area contributed by atoms with E-state index in [9.17, 15) is 0 Å². The Morgan fingerprint density at radius 1 is 1.03 bits per heavy atom. The number of ether oxygens (including phenoxy) is 1. The van der Waals surface area contributed by atoms with E-state index in [4.69, 9.17) is 23.8 Å². The minimum Gasteiger partial charge on any atom is -0.465 e. The maximum absolute atomic E-state index is 6.72. The van der Waals surface area contributed by atoms with Crippen LogP contribution in [-0.4, -0.2) is 80.9 Å². The molecule has 0 bridgehead atoms. The third kappa shape index (κ3) is 3.56. The van der Waals surface area contributed by atoms with E-state index in [1.807, 2.05) is 24.2 Å². The number of piperazine rings is 1. The van der Waals surface area contributed by atoms with Crippen LogP contribution in [0, 0.1) is 0 Å². The predicted molar refractivity (Wildman–Crippen MR) is 141 cm³/mol. The number of anilines is 1. The number of hydrogen-bond acceptors (Lipinski definition) is 12. The van der Waals surface area contributed by atoms with Gasteiger partial charge in [-0.1, -0.05) is 18.4 Å². The Labute approximate surface area is 225 Å². The van der Waals surface area contributed by atoms with Crippen LogP contribution in [0.4, 0.5) is 5.13 Å². The molecule has 7 rings (SSSR count). The fourth-order valence-electron chi connectivity index (χ4n) is 7.04. The summed E-state index contributed by atoms with van der Waals surface area (Å²) < 4.78 is 21.3. The van der Waals surface area contributed by atoms with Crippen molar-refractivity contribution in [1.29, 1.82) is 0 Å². The quantitative estimate of drug-likeness (QED) is 0.424. The molecule has 198 valence electrons. The highest BCUT2D eigenvalue weighted by Crippen LogP contribution is 2.60. The van der Waals surface area contributed by atoms with Gasteiger partial charge in [0.05, 0.1) is 12.4 Å². The van der Waals surface area contributed by atoms with Crippen LogP contribution in [0.25, 0.3) is 0 Å². The third-order valence-electron chi connectivity index (χ3n) is 8.31. The molecule has 0 radical (unpaired) electrons. The zero-order chi connectivity index (χ0) is 24.7. The van der Waals surface area contributed by atoms with Crippen LogP contribution in [0.1, 0.15) is 50.0 Å². The van der Waals surface area contributed by atoms with Gasteiger partial charge in [-0.05, 0) is 44.2 Å². The molecule has 4 aliphatic heterocycles. The molecular formula is C25H33N7O3S2. The molecule has 0 aliphatic carbocycles. The van der Waals surface area contributed by atoms with Crippen molar-refractivity contribution in [2.45, 2.75) is 55.8 Å². The van der Waals surface area contributed by atoms with Gasteiger partial charge in [-0.25, -0.2) is 19.3 Å². The summed E-state index contributed by atoms with van der Waals surface area (Å²) >= 11 is 3.55. The monoisotopic (exact) mass is 543 g/mol. The predicted octanol–water partition coefficient (Wildman–Crippen LogP) is 3.92. The zero-order valence-corrected chi connectivity index (χ0v) is 22.5. The second-order valence-electron chi connectivity index (χ2n) is 10.1. The third-order valence-corrected chi connectivity index (χ3v) is 10.3. The summed E-state index contributed by atoms with van der Waals surface area (Å²) in [5, 5.41) is 16.9. The molecule has 4 aliphatic rings. The highest BCUT2D eigenvalue weighted by atomic mass is 32.2. The minimum atomic E-state index is -0.793. The number of hydrogen-bond donors (Lipinski definition) is 0. The average Bonchev–Trinajstić information content (AvgIpc) is 3.80. The van der Waals surface area contributed by atoms with Crippen molar-refractivity contribution >= 4 is 28.4 Å². The van der Waals surface area contributed by atoms with Gasteiger partial charge in [0.2, 0.25) is 0 Å². The second-order valence-corrected chi connectivity index (χ2v) is 12.1. The van der Waals surface area contributed by atoms with Crippen LogP contribution in [0.15, 0.2) is 45.2 Å². The van der Waals surface area contributed by atoms with Crippen LogP contribution in [0.2, 0.25) is 0 Å². The molecule has 3 atom stereocenters. The SMILES string of the molecule is c1coc(C2(N3CCCS3)N(c3nccs3)CCN(N3CCCCC3)C2(c2conn2)C2CCCO2)c1. The molecule has 4 fully saturated rings. The van der Waals surface area contributed by atoms with E-state index in [1.165, 1.54) is 19.3 Å². The Morgan fingerprint density at radius 3 is 2.65 bits per heavy atom. The van der Waals surface area contributed by atoms with E-state index in [2.05, 4.69) is 35.9 Å². The van der Waals surface area contributed by atoms with E-state index in [1.54, 1.807) is 23.9 Å². The van der Waals surface area contributed by atoms with Crippen LogP contribution >= 0.6 is 23.3 Å². The van der Waals surface area contributed by atoms with Crippen molar-refractivity contribution in [3.8, 4) is 0 Å². The van der Waals surface area contributed by atoms with E-state index < -0.39 is 11.2 Å². The molecule has 0 amide bonds. The first-order chi connectivity index (χ1) is 18.4. The lowest BCUT2D eigenvalue weighted by Crippen LogP contribution is -2.82. The van der Waals surface area contributed by atoms with Gasteiger partial charge in [-0.15, -0.1) is 16.4 Å². The normalized spacial score (nSPS) is 32.4. The molecule has 10 nitrogen and oxygen atoms in total. The summed E-state index contributed by atoms with van der Waals surface area (Å²) in [5.74, 6) is 1.92. The molecular weight excluding hydrogens is 510 g/mol. The first-order valence-corrected chi connectivity index (χ1v) is 15.2. The Morgan fingerprint density at radius 2 is 1.97 bits per heavy atom. The molecule has 0 saturated carbocycles. The molecule has 3 unspecified atom stereocenters. The highest BCUT2D eigenvalue weighted by molar-refractivity contribution is 7.97. The molecule has 12 heteroatoms. The molecule has 0 aromatic carbocycles. The van der Waals surface area contributed by atoms with Gasteiger partial charge in [-0.2, -0.15) is 0 Å². The van der Waals surface area contributed by atoms with Gasteiger partial charge < -0.3 is 18.6 Å². The number of furan rings is 1. The highest BCUT2D eigenvalue weighted by Gasteiger charge is 2.74. The van der Waals surface area contributed by atoms with E-state index in [0.717, 1.165) is 80.9 Å². The Balaban J connectivity index is 1.57. The van der Waals surface area contributed by atoms with E-state index in [-0.39, 0.29) is 6.10 Å². The zero-order valence-electron chi connectivity index (χ0n) is 20.9. The average molecular weight is 544 g/mol. The number of nitrogens with zero attached hydrogens (tertiary/aromatic N) is 7. The number of hydrazine groups is 1. The number of rotatable bonds is 6. The lowest BCUT2D eigenvalue weighted by atomic mass is 9.70. The van der Waals surface area contributed by atoms with Crippen molar-refractivity contribution in [3.05, 3.63) is 47.7 Å². The van der Waals surface area contributed by atoms with E-state index >= 15 is 0 Å². The van der Waals surface area contributed by atoms with Gasteiger partial charge in [-0.3, -0.25) is 0 Å². The lowest BCUT2D eigenvalue weighted by molar-refractivity contribution is -0.237. The largest absolute Gasteiger partial charge is 0.465 e. The number of aromatic nitrogens is 3. The summed E-state index contributed by atoms with van der Waals surface area (Å²) in [6, 6.07) is 4.12. The van der Waals surface area contributed by atoms with E-state index in [0.29, 0.717) is 0 Å². The molecule has 0 spiro atoms. The number of piperidine rings is 1. The first kappa shape index (κ1) is 24.1. The molecule has 4 saturated heterocycles. The molecule has 7 heterocycles. The van der Waals surface area contributed by atoms with Crippen LogP contribution < -0.4 is 4.90 Å². The fourth-order valence-corrected chi connectivity index (χ4v) is 9.00. The van der Waals surface area contributed by atoms with Gasteiger partial charge in [0.25, 0.3) is 0 Å². The van der Waals surface area contributed by atoms with Crippen molar-refractivity contribution < 1.29 is 13.7 Å². The molecule has 3 aromatic heterocycles. The van der Waals surface area contributed by atoms with Crippen LogP contribution in [0.5, 0.6) is 0 Å². The maximum atomic E-state index is 6.72. The Kier molecular flexibility index (Phi) is 6.50. The second kappa shape index (κ2) is 9.97. The summed E-state index contributed by atoms with van der Waals surface area (Å²) in [6.07, 6.45) is 11.9. The van der Waals surface area contributed by atoms with Crippen molar-refractivity contribution in [2.75, 3.05) is 50.0 Å². The van der Waals surface area contributed by atoms with Gasteiger partial charge in [0, 0.05) is 61.9 Å². The Hall–Kier alpha value is -1.96. The summed E-state index contributed by atoms with van der Waals surface area (Å²) in [5.41, 5.74) is -0.784. The van der Waals surface area contributed by atoms with Gasteiger partial charge in [0.1, 0.15) is 17.7 Å². The summed E-state index contributed by atoms with van der Waals surface area (Å²) in [7, 11) is 0. The topological polar surface area (TPSA) is 87.1 Å². The van der Waals surface area contributed by atoms with Gasteiger partial charge >= 0.3 is 0 Å². The Bertz CT molecular complexity index is 1130. The molecule has 0 N–H and O–H groups in total. The first-order valence-electron chi connectivity index (χ1n) is 13.4. The summed E-state index contributed by atoms with van der Waals surface area (Å²) in [6.45, 7) is 5.27. The van der Waals surface area contributed by atoms with Crippen LogP contribution in [-0.2, 0) is 15.9 Å². The maximum Gasteiger partial charge on any atom is 0.192 e. The summed E-state index contributed by atoms with van der Waals surface area (Å²) in [4.78, 5) is 7.33. The van der Waals surface area contributed by atoms with Crippen LogP contribution in [0.3, 0.4) is 0 Å². The fraction of sp³-hybridized carbons (Fsp3) is 0.640. The lowest BCUT2D eigenvalue weighted by Gasteiger charge is -2.66. The van der Waals surface area contributed by atoms with Crippen molar-refractivity contribution in [1.82, 2.24) is 29.7 Å². The van der Waals surface area contributed by atoms with Crippen molar-refractivity contribution in [2.24, 2.45) is 0 Å². The standard InChI is InChI=1S/C25H33N7O3S2/c1-2-10-29(11-3-1)31-14-13-30(23-26-9-18-36-23)25(22-8-5-16-34-22,32-12-6-17-37-32)24(31,20-19-35-28-27-20)21-7-4-15-33-21/h5,8-9,16,18-19,21H,1-4,6-7,10-15,17H2.